The lowest BCUT2D eigenvalue weighted by atomic mass is 9.88. The molecule has 0 bridgehead atoms. The first-order chi connectivity index (χ1) is 12.3. The van der Waals surface area contributed by atoms with E-state index in [4.69, 9.17) is 5.73 Å². The molecule has 2 nitrogen and oxygen atoms in total. The van der Waals surface area contributed by atoms with E-state index in [9.17, 15) is 0 Å². The Kier molecular flexibility index (Phi) is 7.65. The molecule has 2 heteroatoms. The van der Waals surface area contributed by atoms with Crippen molar-refractivity contribution in [2.75, 3.05) is 20.1 Å². The van der Waals surface area contributed by atoms with Gasteiger partial charge in [0.05, 0.1) is 0 Å². The second kappa shape index (κ2) is 9.97. The summed E-state index contributed by atoms with van der Waals surface area (Å²) in [5.41, 5.74) is 13.4. The molecule has 0 heterocycles. The standard InChI is InChI=1S/C20H20.C3H10N2/c1-3-15(4-2)20-18-11-7-5-9-16(18)13-14-17-10-6-8-12-19(17)20;1-5-3-2-4/h5-14H,3-4H2,1-2H3;5H,2-4H2,1H3. The van der Waals surface area contributed by atoms with Crippen LogP contribution >= 0.6 is 0 Å². The predicted molar refractivity (Wildman–Crippen MR) is 111 cm³/mol. The molecule has 0 saturated carbocycles. The van der Waals surface area contributed by atoms with Crippen LogP contribution in [0.5, 0.6) is 0 Å². The molecule has 0 fully saturated rings. The number of likely N-dealkylation sites (N-methyl/N-ethyl adjacent to an activating group) is 1. The summed E-state index contributed by atoms with van der Waals surface area (Å²) >= 11 is 0. The number of rotatable bonds is 4. The summed E-state index contributed by atoms with van der Waals surface area (Å²) in [5, 5.41) is 2.89. The van der Waals surface area contributed by atoms with E-state index in [1.54, 1.807) is 0 Å². The Morgan fingerprint density at radius 2 is 1.32 bits per heavy atom. The van der Waals surface area contributed by atoms with Crippen molar-refractivity contribution in [3.63, 3.8) is 0 Å². The zero-order valence-corrected chi connectivity index (χ0v) is 15.7. The van der Waals surface area contributed by atoms with Crippen LogP contribution in [0.25, 0.3) is 17.7 Å². The first-order valence-electron chi connectivity index (χ1n) is 9.20. The van der Waals surface area contributed by atoms with Crippen LogP contribution in [0.4, 0.5) is 0 Å². The monoisotopic (exact) mass is 334 g/mol. The average Bonchev–Trinajstić information content (AvgIpc) is 2.82. The Labute approximate surface area is 152 Å². The first kappa shape index (κ1) is 19.2. The molecule has 3 rings (SSSR count). The minimum atomic E-state index is 0.733. The Morgan fingerprint density at radius 3 is 1.68 bits per heavy atom. The van der Waals surface area contributed by atoms with Crippen molar-refractivity contribution in [1.29, 1.82) is 0 Å². The third-order valence-corrected chi connectivity index (χ3v) is 4.50. The molecule has 25 heavy (non-hydrogen) atoms. The Bertz CT molecular complexity index is 682. The fourth-order valence-electron chi connectivity index (χ4n) is 3.19. The highest BCUT2D eigenvalue weighted by Crippen LogP contribution is 2.37. The van der Waals surface area contributed by atoms with Crippen LogP contribution in [0.15, 0.2) is 54.1 Å². The lowest BCUT2D eigenvalue weighted by molar-refractivity contribution is 0.802. The van der Waals surface area contributed by atoms with Crippen molar-refractivity contribution in [2.45, 2.75) is 26.7 Å². The maximum Gasteiger partial charge on any atom is 0.00714 e. The van der Waals surface area contributed by atoms with Gasteiger partial charge in [-0.2, -0.15) is 0 Å². The van der Waals surface area contributed by atoms with Gasteiger partial charge in [0.25, 0.3) is 0 Å². The molecule has 0 spiro atoms. The molecule has 0 unspecified atom stereocenters. The predicted octanol–water partition coefficient (Wildman–Crippen LogP) is 4.96. The van der Waals surface area contributed by atoms with Gasteiger partial charge < -0.3 is 11.1 Å². The normalized spacial score (nSPS) is 11.8. The van der Waals surface area contributed by atoms with E-state index in [0.29, 0.717) is 0 Å². The summed E-state index contributed by atoms with van der Waals surface area (Å²) in [7, 11) is 1.88. The Morgan fingerprint density at radius 1 is 0.840 bits per heavy atom. The lowest BCUT2D eigenvalue weighted by Crippen LogP contribution is -2.17. The van der Waals surface area contributed by atoms with Crippen LogP contribution < -0.4 is 11.1 Å². The van der Waals surface area contributed by atoms with E-state index in [-0.39, 0.29) is 0 Å². The van der Waals surface area contributed by atoms with Crippen molar-refractivity contribution in [3.05, 3.63) is 76.4 Å². The van der Waals surface area contributed by atoms with Crippen LogP contribution in [0.2, 0.25) is 0 Å². The van der Waals surface area contributed by atoms with Gasteiger partial charge in [0.15, 0.2) is 0 Å². The average molecular weight is 335 g/mol. The van der Waals surface area contributed by atoms with E-state index in [0.717, 1.165) is 25.9 Å². The van der Waals surface area contributed by atoms with Crippen LogP contribution in [0.3, 0.4) is 0 Å². The van der Waals surface area contributed by atoms with Crippen LogP contribution in [0, 0.1) is 0 Å². The van der Waals surface area contributed by atoms with Crippen LogP contribution in [-0.4, -0.2) is 20.1 Å². The van der Waals surface area contributed by atoms with E-state index in [1.807, 2.05) is 7.05 Å². The van der Waals surface area contributed by atoms with Crippen molar-refractivity contribution >= 4 is 17.7 Å². The number of nitrogens with one attached hydrogen (secondary N) is 1. The van der Waals surface area contributed by atoms with Crippen LogP contribution in [0.1, 0.15) is 48.9 Å². The van der Waals surface area contributed by atoms with Crippen molar-refractivity contribution in [1.82, 2.24) is 5.32 Å². The van der Waals surface area contributed by atoms with E-state index >= 15 is 0 Å². The zero-order valence-electron chi connectivity index (χ0n) is 15.7. The molecular formula is C23H30N2. The molecule has 1 aliphatic rings. The first-order valence-corrected chi connectivity index (χ1v) is 9.20. The quantitative estimate of drug-likeness (QED) is 0.708. The topological polar surface area (TPSA) is 38.0 Å². The Hall–Kier alpha value is -2.16. The minimum Gasteiger partial charge on any atom is -0.329 e. The molecule has 0 radical (unpaired) electrons. The van der Waals surface area contributed by atoms with Gasteiger partial charge in [-0.15, -0.1) is 0 Å². The molecule has 2 aromatic carbocycles. The highest BCUT2D eigenvalue weighted by atomic mass is 14.8. The molecule has 0 atom stereocenters. The summed E-state index contributed by atoms with van der Waals surface area (Å²) in [6.45, 7) is 6.17. The summed E-state index contributed by atoms with van der Waals surface area (Å²) in [4.78, 5) is 0. The number of hydrogen-bond acceptors (Lipinski definition) is 2. The molecule has 132 valence electrons. The largest absolute Gasteiger partial charge is 0.329 e. The molecule has 0 amide bonds. The molecule has 0 aliphatic heterocycles. The molecule has 0 saturated heterocycles. The van der Waals surface area contributed by atoms with Gasteiger partial charge >= 0.3 is 0 Å². The zero-order chi connectivity index (χ0) is 18.1. The SMILES string of the molecule is CCC(CC)=C1c2ccccc2C=Cc2ccccc21.CNCCN. The second-order valence-electron chi connectivity index (χ2n) is 6.09. The van der Waals surface area contributed by atoms with E-state index in [1.165, 1.54) is 33.4 Å². The van der Waals surface area contributed by atoms with Gasteiger partial charge in [-0.3, -0.25) is 0 Å². The fourth-order valence-corrected chi connectivity index (χ4v) is 3.19. The maximum atomic E-state index is 5.08. The Balaban J connectivity index is 0.000000399. The summed E-state index contributed by atoms with van der Waals surface area (Å²) in [5.74, 6) is 0. The molecule has 0 aromatic heterocycles. The molecule has 2 aromatic rings. The maximum absolute atomic E-state index is 5.08. The van der Waals surface area contributed by atoms with Crippen LogP contribution in [-0.2, 0) is 0 Å². The summed E-state index contributed by atoms with van der Waals surface area (Å²) in [6, 6.07) is 17.4. The second-order valence-corrected chi connectivity index (χ2v) is 6.09. The van der Waals surface area contributed by atoms with Gasteiger partial charge in [0.1, 0.15) is 0 Å². The summed E-state index contributed by atoms with van der Waals surface area (Å²) in [6.07, 6.45) is 6.69. The lowest BCUT2D eigenvalue weighted by Gasteiger charge is -2.16. The smallest absolute Gasteiger partial charge is 0.00714 e. The van der Waals surface area contributed by atoms with E-state index in [2.05, 4.69) is 79.8 Å². The molecule has 3 N–H and O–H groups in total. The number of nitrogens with two attached hydrogens (primary N) is 1. The van der Waals surface area contributed by atoms with Crippen molar-refractivity contribution in [2.24, 2.45) is 5.73 Å². The minimum absolute atomic E-state index is 0.733. The van der Waals surface area contributed by atoms with Gasteiger partial charge in [-0.05, 0) is 47.7 Å². The van der Waals surface area contributed by atoms with Gasteiger partial charge in [0, 0.05) is 13.1 Å². The third-order valence-electron chi connectivity index (χ3n) is 4.50. The van der Waals surface area contributed by atoms with Crippen molar-refractivity contribution in [3.8, 4) is 0 Å². The third kappa shape index (κ3) is 4.68. The fraction of sp³-hybridized carbons (Fsp3) is 0.304. The van der Waals surface area contributed by atoms with Gasteiger partial charge in [0.2, 0.25) is 0 Å². The van der Waals surface area contributed by atoms with Gasteiger partial charge in [-0.1, -0.05) is 80.1 Å². The summed E-state index contributed by atoms with van der Waals surface area (Å²) < 4.78 is 0. The number of allylic oxidation sites excluding steroid dienone is 1. The highest BCUT2D eigenvalue weighted by molar-refractivity contribution is 5.94. The number of fused-ring (bicyclic) bond motifs is 2. The number of benzene rings is 2. The van der Waals surface area contributed by atoms with E-state index < -0.39 is 0 Å². The highest BCUT2D eigenvalue weighted by Gasteiger charge is 2.16. The van der Waals surface area contributed by atoms with Gasteiger partial charge in [-0.25, -0.2) is 0 Å². The number of hydrogen-bond donors (Lipinski definition) is 2. The molecular weight excluding hydrogens is 304 g/mol. The molecule has 1 aliphatic carbocycles. The van der Waals surface area contributed by atoms with Crippen molar-refractivity contribution < 1.29 is 0 Å².